The van der Waals surface area contributed by atoms with Gasteiger partial charge in [-0.2, -0.15) is 0 Å². The first kappa shape index (κ1) is 7.44. The third kappa shape index (κ3) is 1.43. The van der Waals surface area contributed by atoms with E-state index >= 15 is 0 Å². The van der Waals surface area contributed by atoms with Gasteiger partial charge in [-0.25, -0.2) is 0 Å². The fourth-order valence-electron chi connectivity index (χ4n) is 0.643. The Bertz CT molecular complexity index is 240. The lowest BCUT2D eigenvalue weighted by Crippen LogP contribution is -1.85. The second kappa shape index (κ2) is 2.94. The van der Waals surface area contributed by atoms with Crippen LogP contribution in [-0.2, 0) is 6.61 Å². The number of Topliss-reactive ketones (excluding diaryl/α,β-unsaturated/α-hetero) is 1. The van der Waals surface area contributed by atoms with E-state index < -0.39 is 0 Å². The fourth-order valence-corrected chi connectivity index (χ4v) is 1.45. The van der Waals surface area contributed by atoms with Gasteiger partial charge in [0.1, 0.15) is 0 Å². The Hall–Kier alpha value is -0.670. The number of thiophene rings is 1. The third-order valence-electron chi connectivity index (χ3n) is 1.18. The second-order valence-electron chi connectivity index (χ2n) is 2.03. The summed E-state index contributed by atoms with van der Waals surface area (Å²) < 4.78 is 0. The van der Waals surface area contributed by atoms with E-state index in [1.54, 1.807) is 11.4 Å². The zero-order valence-corrected chi connectivity index (χ0v) is 6.44. The predicted molar refractivity (Wildman–Crippen MR) is 40.2 cm³/mol. The molecule has 0 aliphatic carbocycles. The molecule has 10 heavy (non-hydrogen) atoms. The maximum absolute atomic E-state index is 10.7. The first-order valence-electron chi connectivity index (χ1n) is 2.93. The van der Waals surface area contributed by atoms with Crippen LogP contribution in [0.1, 0.15) is 22.2 Å². The van der Waals surface area contributed by atoms with Crippen molar-refractivity contribution in [2.75, 3.05) is 0 Å². The van der Waals surface area contributed by atoms with Gasteiger partial charge in [-0.1, -0.05) is 0 Å². The topological polar surface area (TPSA) is 37.3 Å². The van der Waals surface area contributed by atoms with Crippen molar-refractivity contribution in [1.29, 1.82) is 0 Å². The molecule has 1 aromatic rings. The summed E-state index contributed by atoms with van der Waals surface area (Å²) >= 11 is 1.37. The predicted octanol–water partition coefficient (Wildman–Crippen LogP) is 1.44. The Balaban J connectivity index is 2.88. The van der Waals surface area contributed by atoms with Crippen molar-refractivity contribution in [2.45, 2.75) is 13.5 Å². The molecule has 0 aliphatic heterocycles. The van der Waals surface area contributed by atoms with Gasteiger partial charge in [0.05, 0.1) is 11.5 Å². The first-order chi connectivity index (χ1) is 4.74. The quantitative estimate of drug-likeness (QED) is 0.658. The number of aliphatic hydroxyl groups excluding tert-OH is 1. The smallest absolute Gasteiger partial charge is 0.169 e. The molecule has 0 atom stereocenters. The number of hydrogen-bond donors (Lipinski definition) is 1. The molecule has 0 fully saturated rings. The van der Waals surface area contributed by atoms with Gasteiger partial charge in [-0.3, -0.25) is 4.79 Å². The minimum atomic E-state index is 0.0176. The summed E-state index contributed by atoms with van der Waals surface area (Å²) in [6.07, 6.45) is 0. The molecule has 2 nitrogen and oxygen atoms in total. The number of aliphatic hydroxyl groups is 1. The summed E-state index contributed by atoms with van der Waals surface area (Å²) in [7, 11) is 0. The Morgan fingerprint density at radius 3 is 2.80 bits per heavy atom. The van der Waals surface area contributed by atoms with Crippen molar-refractivity contribution in [3.63, 3.8) is 0 Å². The van der Waals surface area contributed by atoms with Crippen LogP contribution in [0.3, 0.4) is 0 Å². The number of ketones is 1. The van der Waals surface area contributed by atoms with E-state index in [4.69, 9.17) is 5.11 Å². The van der Waals surface area contributed by atoms with E-state index in [1.165, 1.54) is 18.3 Å². The monoisotopic (exact) mass is 156 g/mol. The van der Waals surface area contributed by atoms with Crippen molar-refractivity contribution in [3.05, 3.63) is 21.9 Å². The third-order valence-corrected chi connectivity index (χ3v) is 2.26. The zero-order valence-electron chi connectivity index (χ0n) is 5.63. The molecule has 0 aliphatic rings. The Morgan fingerprint density at radius 2 is 2.50 bits per heavy atom. The van der Waals surface area contributed by atoms with E-state index in [1.807, 2.05) is 0 Å². The molecule has 1 rings (SSSR count). The van der Waals surface area contributed by atoms with Gasteiger partial charge in [-0.15, -0.1) is 11.3 Å². The van der Waals surface area contributed by atoms with Crippen LogP contribution in [0, 0.1) is 0 Å². The van der Waals surface area contributed by atoms with Gasteiger partial charge in [0.15, 0.2) is 5.78 Å². The van der Waals surface area contributed by atoms with Crippen LogP contribution in [0.4, 0.5) is 0 Å². The zero-order chi connectivity index (χ0) is 7.56. The van der Waals surface area contributed by atoms with Crippen molar-refractivity contribution < 1.29 is 9.90 Å². The highest BCUT2D eigenvalue weighted by molar-refractivity contribution is 7.12. The molecular formula is C7H8O2S. The summed E-state index contributed by atoms with van der Waals surface area (Å²) in [5.74, 6) is 0.0599. The highest BCUT2D eigenvalue weighted by atomic mass is 32.1. The van der Waals surface area contributed by atoms with Crippen molar-refractivity contribution in [3.8, 4) is 0 Å². The maximum atomic E-state index is 10.7. The van der Waals surface area contributed by atoms with Crippen LogP contribution in [-0.4, -0.2) is 10.9 Å². The molecule has 54 valence electrons. The molecule has 0 aromatic carbocycles. The average Bonchev–Trinajstić information content (AvgIpc) is 2.34. The van der Waals surface area contributed by atoms with E-state index in [9.17, 15) is 4.79 Å². The second-order valence-corrected chi connectivity index (χ2v) is 2.94. The van der Waals surface area contributed by atoms with Gasteiger partial charge in [0, 0.05) is 0 Å². The lowest BCUT2D eigenvalue weighted by Gasteiger charge is -1.83. The summed E-state index contributed by atoms with van der Waals surface area (Å²) in [5.41, 5.74) is 0.815. The Labute approximate surface area is 63.1 Å². The Morgan fingerprint density at radius 1 is 1.80 bits per heavy atom. The summed E-state index contributed by atoms with van der Waals surface area (Å²) in [6.45, 7) is 1.54. The van der Waals surface area contributed by atoms with Crippen LogP contribution in [0.25, 0.3) is 0 Å². The minimum absolute atomic E-state index is 0.0176. The van der Waals surface area contributed by atoms with Gasteiger partial charge < -0.3 is 5.11 Å². The normalized spacial score (nSPS) is 9.80. The molecule has 0 bridgehead atoms. The molecule has 3 heteroatoms. The molecule has 0 spiro atoms. The van der Waals surface area contributed by atoms with Crippen LogP contribution in [0.15, 0.2) is 11.4 Å². The van der Waals surface area contributed by atoms with Crippen LogP contribution < -0.4 is 0 Å². The minimum Gasteiger partial charge on any atom is -0.392 e. The lowest BCUT2D eigenvalue weighted by atomic mass is 10.3. The van der Waals surface area contributed by atoms with E-state index in [2.05, 4.69) is 0 Å². The van der Waals surface area contributed by atoms with Crippen LogP contribution in [0.5, 0.6) is 0 Å². The van der Waals surface area contributed by atoms with Crippen LogP contribution in [0.2, 0.25) is 0 Å². The van der Waals surface area contributed by atoms with Crippen LogP contribution >= 0.6 is 11.3 Å². The van der Waals surface area contributed by atoms with E-state index in [0.29, 0.717) is 4.88 Å². The van der Waals surface area contributed by atoms with Gasteiger partial charge >= 0.3 is 0 Å². The van der Waals surface area contributed by atoms with E-state index in [-0.39, 0.29) is 12.4 Å². The Kier molecular flexibility index (Phi) is 2.19. The number of carbonyl (C=O) groups excluding carboxylic acids is 1. The molecular weight excluding hydrogens is 148 g/mol. The van der Waals surface area contributed by atoms with Crippen molar-refractivity contribution >= 4 is 17.1 Å². The molecule has 0 radical (unpaired) electrons. The van der Waals surface area contributed by atoms with Gasteiger partial charge in [0.2, 0.25) is 0 Å². The fraction of sp³-hybridized carbons (Fsp3) is 0.286. The number of rotatable bonds is 2. The standard InChI is InChI=1S/C7H8O2S/c1-5(9)7-2-6(3-8)4-10-7/h2,4,8H,3H2,1H3. The molecule has 0 saturated carbocycles. The summed E-state index contributed by atoms with van der Waals surface area (Å²) in [6, 6.07) is 1.72. The molecule has 0 amide bonds. The molecule has 1 N–H and O–H groups in total. The SMILES string of the molecule is CC(=O)c1cc(CO)cs1. The van der Waals surface area contributed by atoms with Crippen molar-refractivity contribution in [2.24, 2.45) is 0 Å². The number of hydrogen-bond acceptors (Lipinski definition) is 3. The van der Waals surface area contributed by atoms with E-state index in [0.717, 1.165) is 5.56 Å². The molecule has 0 saturated heterocycles. The van der Waals surface area contributed by atoms with Crippen molar-refractivity contribution in [1.82, 2.24) is 0 Å². The summed E-state index contributed by atoms with van der Waals surface area (Å²) in [4.78, 5) is 11.4. The highest BCUT2D eigenvalue weighted by Gasteiger charge is 2.01. The lowest BCUT2D eigenvalue weighted by molar-refractivity contribution is 0.102. The first-order valence-corrected chi connectivity index (χ1v) is 3.81. The number of carbonyl (C=O) groups is 1. The maximum Gasteiger partial charge on any atom is 0.169 e. The van der Waals surface area contributed by atoms with Gasteiger partial charge in [0.25, 0.3) is 0 Å². The average molecular weight is 156 g/mol. The molecule has 0 unspecified atom stereocenters. The molecule has 1 heterocycles. The largest absolute Gasteiger partial charge is 0.392 e. The summed E-state index contributed by atoms with van der Waals surface area (Å²) in [5, 5.41) is 10.4. The molecule has 1 aromatic heterocycles. The van der Waals surface area contributed by atoms with Gasteiger partial charge in [-0.05, 0) is 23.9 Å². The highest BCUT2D eigenvalue weighted by Crippen LogP contribution is 2.14.